The van der Waals surface area contributed by atoms with Crippen molar-refractivity contribution in [3.8, 4) is 22.9 Å². The predicted molar refractivity (Wildman–Crippen MR) is 96.6 cm³/mol. The molecular weight excluding hydrogens is 430 g/mol. The van der Waals surface area contributed by atoms with Crippen molar-refractivity contribution in [2.24, 2.45) is 0 Å². The predicted octanol–water partition coefficient (Wildman–Crippen LogP) is 5.40. The highest BCUT2D eigenvalue weighted by Gasteiger charge is 2.15. The molecule has 3 rings (SSSR count). The Labute approximate surface area is 160 Å². The number of hydrogen-bond acceptors (Lipinski definition) is 6. The third kappa shape index (κ3) is 4.73. The summed E-state index contributed by atoms with van der Waals surface area (Å²) in [6.07, 6.45) is 0. The number of rotatable bonds is 7. The SMILES string of the molecule is COc1cc(-c2noc(CSc3cccc(Br)c3)n2)ccc1OC(F)F. The summed E-state index contributed by atoms with van der Waals surface area (Å²) in [5.41, 5.74) is 0.575. The minimum absolute atomic E-state index is 0.0554. The minimum Gasteiger partial charge on any atom is -0.493 e. The zero-order valence-electron chi connectivity index (χ0n) is 13.5. The number of ether oxygens (including phenoxy) is 2. The molecule has 0 atom stereocenters. The number of methoxy groups -OCH3 is 1. The lowest BCUT2D eigenvalue weighted by Crippen LogP contribution is -2.03. The van der Waals surface area contributed by atoms with Crippen LogP contribution in [0.3, 0.4) is 0 Å². The van der Waals surface area contributed by atoms with Crippen LogP contribution in [-0.2, 0) is 5.75 Å². The topological polar surface area (TPSA) is 57.4 Å². The summed E-state index contributed by atoms with van der Waals surface area (Å²) in [6.45, 7) is -2.93. The molecule has 0 spiro atoms. The first kappa shape index (κ1) is 18.7. The molecule has 26 heavy (non-hydrogen) atoms. The molecule has 0 unspecified atom stereocenters. The molecule has 0 aliphatic carbocycles. The monoisotopic (exact) mass is 442 g/mol. The van der Waals surface area contributed by atoms with Gasteiger partial charge in [0.1, 0.15) is 0 Å². The Kier molecular flexibility index (Phi) is 6.10. The molecule has 0 N–H and O–H groups in total. The van der Waals surface area contributed by atoms with Crippen molar-refractivity contribution >= 4 is 27.7 Å². The van der Waals surface area contributed by atoms with Crippen LogP contribution in [0.15, 0.2) is 56.4 Å². The second-order valence-corrected chi connectivity index (χ2v) is 6.97. The van der Waals surface area contributed by atoms with Crippen molar-refractivity contribution in [2.45, 2.75) is 17.3 Å². The maximum absolute atomic E-state index is 12.4. The van der Waals surface area contributed by atoms with Gasteiger partial charge in [0, 0.05) is 14.9 Å². The first-order valence-corrected chi connectivity index (χ1v) is 9.17. The lowest BCUT2D eigenvalue weighted by atomic mass is 10.2. The molecule has 0 aliphatic rings. The standard InChI is InChI=1S/C17H13BrF2N2O3S/c1-23-14-7-10(5-6-13(14)24-17(19)20)16-21-15(25-22-16)9-26-12-4-2-3-11(18)8-12/h2-8,17H,9H2,1H3. The molecule has 5 nitrogen and oxygen atoms in total. The van der Waals surface area contributed by atoms with Gasteiger partial charge < -0.3 is 14.0 Å². The van der Waals surface area contributed by atoms with Gasteiger partial charge in [-0.1, -0.05) is 27.2 Å². The maximum atomic E-state index is 12.4. The zero-order chi connectivity index (χ0) is 18.5. The Bertz CT molecular complexity index is 892. The second kappa shape index (κ2) is 8.50. The minimum atomic E-state index is -2.93. The van der Waals surface area contributed by atoms with Crippen LogP contribution >= 0.6 is 27.7 Å². The second-order valence-electron chi connectivity index (χ2n) is 5.00. The van der Waals surface area contributed by atoms with Gasteiger partial charge in [0.05, 0.1) is 12.9 Å². The van der Waals surface area contributed by atoms with E-state index in [1.807, 2.05) is 24.3 Å². The number of aromatic nitrogens is 2. The molecule has 0 radical (unpaired) electrons. The number of thioether (sulfide) groups is 1. The summed E-state index contributed by atoms with van der Waals surface area (Å²) < 4.78 is 40.5. The molecule has 0 amide bonds. The third-order valence-electron chi connectivity index (χ3n) is 3.26. The Morgan fingerprint density at radius 2 is 2.04 bits per heavy atom. The van der Waals surface area contributed by atoms with Crippen LogP contribution in [-0.4, -0.2) is 23.9 Å². The number of alkyl halides is 2. The largest absolute Gasteiger partial charge is 0.493 e. The first-order chi connectivity index (χ1) is 12.5. The smallest absolute Gasteiger partial charge is 0.387 e. The van der Waals surface area contributed by atoms with Gasteiger partial charge in [-0.25, -0.2) is 0 Å². The molecule has 0 saturated heterocycles. The van der Waals surface area contributed by atoms with Gasteiger partial charge in [0.25, 0.3) is 0 Å². The van der Waals surface area contributed by atoms with Crippen LogP contribution in [0, 0.1) is 0 Å². The Hall–Kier alpha value is -2.13. The number of nitrogens with zero attached hydrogens (tertiary/aromatic N) is 2. The van der Waals surface area contributed by atoms with Crippen LogP contribution in [0.1, 0.15) is 5.89 Å². The molecule has 1 heterocycles. The molecule has 9 heteroatoms. The molecule has 3 aromatic rings. The average molecular weight is 443 g/mol. The van der Waals surface area contributed by atoms with Gasteiger partial charge in [0.15, 0.2) is 11.5 Å². The van der Waals surface area contributed by atoms with Gasteiger partial charge in [-0.2, -0.15) is 13.8 Å². The fraction of sp³-hybridized carbons (Fsp3) is 0.176. The van der Waals surface area contributed by atoms with Crippen LogP contribution in [0.4, 0.5) is 8.78 Å². The van der Waals surface area contributed by atoms with Gasteiger partial charge in [-0.15, -0.1) is 11.8 Å². The quantitative estimate of drug-likeness (QED) is 0.456. The fourth-order valence-corrected chi connectivity index (χ4v) is 3.48. The van der Waals surface area contributed by atoms with E-state index in [9.17, 15) is 8.78 Å². The number of hydrogen-bond donors (Lipinski definition) is 0. The molecule has 0 aliphatic heterocycles. The Balaban J connectivity index is 1.72. The van der Waals surface area contributed by atoms with Crippen LogP contribution in [0.5, 0.6) is 11.5 Å². The molecule has 1 aromatic heterocycles. The van der Waals surface area contributed by atoms with Crippen molar-refractivity contribution in [1.29, 1.82) is 0 Å². The van der Waals surface area contributed by atoms with E-state index in [0.717, 1.165) is 9.37 Å². The number of halogens is 3. The summed E-state index contributed by atoms with van der Waals surface area (Å²) >= 11 is 4.98. The number of benzene rings is 2. The zero-order valence-corrected chi connectivity index (χ0v) is 15.9. The van der Waals surface area contributed by atoms with E-state index in [1.54, 1.807) is 17.8 Å². The van der Waals surface area contributed by atoms with Crippen molar-refractivity contribution in [2.75, 3.05) is 7.11 Å². The molecule has 2 aromatic carbocycles. The van der Waals surface area contributed by atoms with Gasteiger partial charge in [0.2, 0.25) is 11.7 Å². The molecule has 0 bridgehead atoms. The fourth-order valence-electron chi connectivity index (χ4n) is 2.13. The summed E-state index contributed by atoms with van der Waals surface area (Å²) in [5, 5.41) is 3.93. The Morgan fingerprint density at radius 3 is 2.77 bits per heavy atom. The highest BCUT2D eigenvalue weighted by molar-refractivity contribution is 9.10. The highest BCUT2D eigenvalue weighted by Crippen LogP contribution is 2.33. The molecular formula is C17H13BrF2N2O3S. The summed E-state index contributed by atoms with van der Waals surface area (Å²) in [4.78, 5) is 5.39. The lowest BCUT2D eigenvalue weighted by Gasteiger charge is -2.10. The van der Waals surface area contributed by atoms with Crippen molar-refractivity contribution in [3.05, 3.63) is 52.8 Å². The Morgan fingerprint density at radius 1 is 1.19 bits per heavy atom. The van der Waals surface area contributed by atoms with Gasteiger partial charge in [-0.05, 0) is 36.4 Å². The van der Waals surface area contributed by atoms with E-state index in [0.29, 0.717) is 23.0 Å². The van der Waals surface area contributed by atoms with Gasteiger partial charge in [-0.3, -0.25) is 0 Å². The first-order valence-electron chi connectivity index (χ1n) is 7.39. The van der Waals surface area contributed by atoms with Gasteiger partial charge >= 0.3 is 6.61 Å². The maximum Gasteiger partial charge on any atom is 0.387 e. The van der Waals surface area contributed by atoms with E-state index >= 15 is 0 Å². The normalized spacial score (nSPS) is 11.0. The van der Waals surface area contributed by atoms with Crippen molar-refractivity contribution in [3.63, 3.8) is 0 Å². The van der Waals surface area contributed by atoms with E-state index < -0.39 is 6.61 Å². The highest BCUT2D eigenvalue weighted by atomic mass is 79.9. The van der Waals surface area contributed by atoms with Crippen LogP contribution in [0.25, 0.3) is 11.4 Å². The molecule has 0 saturated carbocycles. The molecule has 136 valence electrons. The molecule has 0 fully saturated rings. The lowest BCUT2D eigenvalue weighted by molar-refractivity contribution is -0.0512. The van der Waals surface area contributed by atoms with Crippen LogP contribution in [0.2, 0.25) is 0 Å². The van der Waals surface area contributed by atoms with E-state index in [4.69, 9.17) is 9.26 Å². The summed E-state index contributed by atoms with van der Waals surface area (Å²) in [5.74, 6) is 1.42. The van der Waals surface area contributed by atoms with E-state index in [2.05, 4.69) is 30.8 Å². The van der Waals surface area contributed by atoms with E-state index in [-0.39, 0.29) is 11.5 Å². The van der Waals surface area contributed by atoms with Crippen LogP contribution < -0.4 is 9.47 Å². The van der Waals surface area contributed by atoms with E-state index in [1.165, 1.54) is 19.2 Å². The summed E-state index contributed by atoms with van der Waals surface area (Å²) in [7, 11) is 1.37. The van der Waals surface area contributed by atoms with Crippen molar-refractivity contribution in [1.82, 2.24) is 10.1 Å². The summed E-state index contributed by atoms with van der Waals surface area (Å²) in [6, 6.07) is 12.3. The third-order valence-corrected chi connectivity index (χ3v) is 4.74. The van der Waals surface area contributed by atoms with Crippen molar-refractivity contribution < 1.29 is 22.8 Å². The average Bonchev–Trinajstić information content (AvgIpc) is 3.09.